The lowest BCUT2D eigenvalue weighted by Gasteiger charge is -2.05. The Balaban J connectivity index is 1.47. The fourth-order valence-electron chi connectivity index (χ4n) is 3.17. The van der Waals surface area contributed by atoms with Crippen LogP contribution in [0.3, 0.4) is 0 Å². The number of carbonyl (C=O) groups excluding carboxylic acids is 1. The number of hydrogen-bond donors (Lipinski definition) is 1. The number of hydrogen-bond acceptors (Lipinski definition) is 2. The van der Waals surface area contributed by atoms with Crippen molar-refractivity contribution in [1.82, 2.24) is 4.98 Å². The van der Waals surface area contributed by atoms with E-state index >= 15 is 0 Å². The molecule has 0 unspecified atom stereocenters. The molecule has 3 nitrogen and oxygen atoms in total. The SMILES string of the molecule is O=C(C=Cc1ccc2ccccc2n1)Nc1ccc2c(c1)CCC2. The number of pyridine rings is 1. The summed E-state index contributed by atoms with van der Waals surface area (Å²) < 4.78 is 0. The van der Waals surface area contributed by atoms with Gasteiger partial charge in [0, 0.05) is 17.1 Å². The lowest BCUT2D eigenvalue weighted by Crippen LogP contribution is -2.08. The van der Waals surface area contributed by atoms with Crippen molar-refractivity contribution in [2.24, 2.45) is 0 Å². The first kappa shape index (κ1) is 14.6. The number of carbonyl (C=O) groups is 1. The number of amides is 1. The van der Waals surface area contributed by atoms with E-state index in [1.165, 1.54) is 23.6 Å². The minimum Gasteiger partial charge on any atom is -0.323 e. The number of aryl methyl sites for hydroxylation is 2. The van der Waals surface area contributed by atoms with E-state index in [-0.39, 0.29) is 5.91 Å². The van der Waals surface area contributed by atoms with Gasteiger partial charge in [0.25, 0.3) is 0 Å². The molecule has 1 heterocycles. The van der Waals surface area contributed by atoms with Gasteiger partial charge >= 0.3 is 0 Å². The van der Waals surface area contributed by atoms with Gasteiger partial charge in [0.1, 0.15) is 0 Å². The van der Waals surface area contributed by atoms with Crippen LogP contribution in [-0.4, -0.2) is 10.9 Å². The molecule has 0 saturated carbocycles. The molecule has 24 heavy (non-hydrogen) atoms. The van der Waals surface area contributed by atoms with Gasteiger partial charge in [-0.15, -0.1) is 0 Å². The van der Waals surface area contributed by atoms with Gasteiger partial charge in [-0.05, 0) is 60.7 Å². The van der Waals surface area contributed by atoms with Crippen molar-refractivity contribution in [3.05, 3.63) is 77.5 Å². The highest BCUT2D eigenvalue weighted by atomic mass is 16.1. The van der Waals surface area contributed by atoms with Crippen LogP contribution in [0.25, 0.3) is 17.0 Å². The number of aromatic nitrogens is 1. The van der Waals surface area contributed by atoms with Crippen LogP contribution in [0.4, 0.5) is 5.69 Å². The first-order valence-corrected chi connectivity index (χ1v) is 8.25. The predicted octanol–water partition coefficient (Wildman–Crippen LogP) is 4.38. The molecule has 1 N–H and O–H groups in total. The van der Waals surface area contributed by atoms with Crippen molar-refractivity contribution in [3.63, 3.8) is 0 Å². The summed E-state index contributed by atoms with van der Waals surface area (Å²) in [5.41, 5.74) is 5.32. The van der Waals surface area contributed by atoms with Gasteiger partial charge in [-0.3, -0.25) is 4.79 Å². The standard InChI is InChI=1S/C21H18N2O/c24-21(23-19-11-8-15-5-3-6-17(15)14-19)13-12-18-10-9-16-4-1-2-7-20(16)22-18/h1-2,4,7-14H,3,5-6H2,(H,23,24). The van der Waals surface area contributed by atoms with Crippen LogP contribution in [0.2, 0.25) is 0 Å². The first-order valence-electron chi connectivity index (χ1n) is 8.25. The molecule has 4 rings (SSSR count). The van der Waals surface area contributed by atoms with Crippen LogP contribution in [0.5, 0.6) is 0 Å². The van der Waals surface area contributed by atoms with Gasteiger partial charge in [0.15, 0.2) is 0 Å². The molecule has 0 fully saturated rings. The summed E-state index contributed by atoms with van der Waals surface area (Å²) in [6.07, 6.45) is 6.74. The molecule has 118 valence electrons. The molecule has 1 aliphatic carbocycles. The Morgan fingerprint density at radius 3 is 2.83 bits per heavy atom. The molecule has 1 aromatic heterocycles. The summed E-state index contributed by atoms with van der Waals surface area (Å²) in [5, 5.41) is 4.02. The zero-order valence-electron chi connectivity index (χ0n) is 13.3. The smallest absolute Gasteiger partial charge is 0.248 e. The van der Waals surface area contributed by atoms with Gasteiger partial charge < -0.3 is 5.32 Å². The molecule has 1 amide bonds. The Kier molecular flexibility index (Phi) is 3.83. The highest BCUT2D eigenvalue weighted by Crippen LogP contribution is 2.24. The van der Waals surface area contributed by atoms with Gasteiger partial charge in [0.05, 0.1) is 11.2 Å². The van der Waals surface area contributed by atoms with E-state index < -0.39 is 0 Å². The van der Waals surface area contributed by atoms with Crippen LogP contribution < -0.4 is 5.32 Å². The van der Waals surface area contributed by atoms with Crippen LogP contribution in [0.15, 0.2) is 60.7 Å². The Morgan fingerprint density at radius 1 is 1.00 bits per heavy atom. The van der Waals surface area contributed by atoms with E-state index in [0.29, 0.717) is 0 Å². The second kappa shape index (κ2) is 6.28. The Bertz CT molecular complexity index is 943. The molecular formula is C21H18N2O. The summed E-state index contributed by atoms with van der Waals surface area (Å²) in [6, 6.07) is 18.1. The molecule has 3 heteroatoms. The third-order valence-corrected chi connectivity index (χ3v) is 4.39. The maximum absolute atomic E-state index is 12.1. The number of nitrogens with zero attached hydrogens (tertiary/aromatic N) is 1. The van der Waals surface area contributed by atoms with Crippen molar-refractivity contribution in [1.29, 1.82) is 0 Å². The number of benzene rings is 2. The maximum atomic E-state index is 12.1. The number of rotatable bonds is 3. The fourth-order valence-corrected chi connectivity index (χ4v) is 3.17. The monoisotopic (exact) mass is 314 g/mol. The van der Waals surface area contributed by atoms with Crippen LogP contribution in [-0.2, 0) is 17.6 Å². The molecule has 0 spiro atoms. The summed E-state index contributed by atoms with van der Waals surface area (Å²) in [6.45, 7) is 0. The molecule has 0 radical (unpaired) electrons. The van der Waals surface area contributed by atoms with Crippen molar-refractivity contribution in [2.45, 2.75) is 19.3 Å². The van der Waals surface area contributed by atoms with Gasteiger partial charge in [-0.2, -0.15) is 0 Å². The van der Waals surface area contributed by atoms with E-state index in [4.69, 9.17) is 0 Å². The second-order valence-corrected chi connectivity index (χ2v) is 6.09. The Morgan fingerprint density at radius 2 is 1.88 bits per heavy atom. The average molecular weight is 314 g/mol. The normalized spacial score (nSPS) is 13.3. The fraction of sp³-hybridized carbons (Fsp3) is 0.143. The van der Waals surface area contributed by atoms with Crippen LogP contribution >= 0.6 is 0 Å². The third kappa shape index (κ3) is 3.06. The minimum absolute atomic E-state index is 0.136. The molecule has 2 aromatic carbocycles. The molecule has 0 bridgehead atoms. The van der Waals surface area contributed by atoms with Crippen molar-refractivity contribution >= 4 is 28.6 Å². The summed E-state index contributed by atoms with van der Waals surface area (Å²) in [5.74, 6) is -0.136. The van der Waals surface area contributed by atoms with Gasteiger partial charge in [0.2, 0.25) is 5.91 Å². The molecular weight excluding hydrogens is 296 g/mol. The van der Waals surface area contributed by atoms with Crippen molar-refractivity contribution in [3.8, 4) is 0 Å². The third-order valence-electron chi connectivity index (χ3n) is 4.39. The summed E-state index contributed by atoms with van der Waals surface area (Å²) in [4.78, 5) is 16.7. The molecule has 0 aliphatic heterocycles. The quantitative estimate of drug-likeness (QED) is 0.729. The van der Waals surface area contributed by atoms with Crippen LogP contribution in [0, 0.1) is 0 Å². The van der Waals surface area contributed by atoms with Gasteiger partial charge in [-0.1, -0.05) is 30.3 Å². The molecule has 1 aliphatic rings. The number of nitrogens with one attached hydrogen (secondary N) is 1. The minimum atomic E-state index is -0.136. The predicted molar refractivity (Wildman–Crippen MR) is 97.9 cm³/mol. The van der Waals surface area contributed by atoms with Crippen molar-refractivity contribution < 1.29 is 4.79 Å². The summed E-state index contributed by atoms with van der Waals surface area (Å²) >= 11 is 0. The van der Waals surface area contributed by atoms with E-state index in [1.807, 2.05) is 42.5 Å². The number of anilines is 1. The summed E-state index contributed by atoms with van der Waals surface area (Å²) in [7, 11) is 0. The van der Waals surface area contributed by atoms with E-state index in [9.17, 15) is 4.79 Å². The number of para-hydroxylation sites is 1. The molecule has 0 atom stereocenters. The Hall–Kier alpha value is -2.94. The zero-order chi connectivity index (χ0) is 16.4. The van der Waals surface area contributed by atoms with E-state index in [1.54, 1.807) is 6.08 Å². The largest absolute Gasteiger partial charge is 0.323 e. The second-order valence-electron chi connectivity index (χ2n) is 6.09. The highest BCUT2D eigenvalue weighted by Gasteiger charge is 2.11. The topological polar surface area (TPSA) is 42.0 Å². The van der Waals surface area contributed by atoms with E-state index in [2.05, 4.69) is 22.4 Å². The van der Waals surface area contributed by atoms with E-state index in [0.717, 1.165) is 35.1 Å². The number of fused-ring (bicyclic) bond motifs is 2. The highest BCUT2D eigenvalue weighted by molar-refractivity contribution is 6.02. The van der Waals surface area contributed by atoms with Gasteiger partial charge in [-0.25, -0.2) is 4.98 Å². The van der Waals surface area contributed by atoms with Crippen LogP contribution in [0.1, 0.15) is 23.2 Å². The maximum Gasteiger partial charge on any atom is 0.248 e. The lowest BCUT2D eigenvalue weighted by molar-refractivity contribution is -0.111. The molecule has 0 saturated heterocycles. The first-order chi connectivity index (χ1) is 11.8. The molecule has 3 aromatic rings. The average Bonchev–Trinajstić information content (AvgIpc) is 3.07. The lowest BCUT2D eigenvalue weighted by atomic mass is 10.1. The van der Waals surface area contributed by atoms with Crippen molar-refractivity contribution in [2.75, 3.05) is 5.32 Å². The zero-order valence-corrected chi connectivity index (χ0v) is 13.3. The Labute approximate surface area is 141 Å².